The summed E-state index contributed by atoms with van der Waals surface area (Å²) < 4.78 is 5.30. The minimum atomic E-state index is 0.610. The average molecular weight is 232 g/mol. The highest BCUT2D eigenvalue weighted by atomic mass is 16.5. The number of hydrogen-bond acceptors (Lipinski definition) is 3. The van der Waals surface area contributed by atoms with Gasteiger partial charge in [0.05, 0.1) is 13.2 Å². The summed E-state index contributed by atoms with van der Waals surface area (Å²) in [4.78, 5) is 2.19. The van der Waals surface area contributed by atoms with E-state index in [4.69, 9.17) is 10.00 Å². The van der Waals surface area contributed by atoms with E-state index in [1.165, 1.54) is 16.8 Å². The molecule has 0 aliphatic carbocycles. The maximum absolute atomic E-state index is 8.53. The predicted molar refractivity (Wildman–Crippen MR) is 70.6 cm³/mol. The highest BCUT2D eigenvalue weighted by Gasteiger charge is 2.09. The summed E-state index contributed by atoms with van der Waals surface area (Å²) in [5, 5.41) is 8.53. The number of nitriles is 1. The van der Waals surface area contributed by atoms with Crippen molar-refractivity contribution < 1.29 is 4.74 Å². The minimum Gasteiger partial charge on any atom is -0.496 e. The SMILES string of the molecule is COc1ccc(N(C)CCCC#N)c(C)c1C. The molecule has 0 radical (unpaired) electrons. The van der Waals surface area contributed by atoms with Crippen LogP contribution < -0.4 is 9.64 Å². The third kappa shape index (κ3) is 3.13. The normalized spacial score (nSPS) is 9.82. The molecule has 3 nitrogen and oxygen atoms in total. The molecule has 1 aromatic carbocycles. The molecule has 0 aliphatic rings. The van der Waals surface area contributed by atoms with Crippen molar-refractivity contribution in [3.05, 3.63) is 23.3 Å². The van der Waals surface area contributed by atoms with Crippen molar-refractivity contribution in [1.29, 1.82) is 5.26 Å². The Labute approximate surface area is 104 Å². The maximum Gasteiger partial charge on any atom is 0.122 e. The zero-order valence-corrected chi connectivity index (χ0v) is 11.1. The minimum absolute atomic E-state index is 0.610. The molecule has 0 saturated carbocycles. The highest BCUT2D eigenvalue weighted by molar-refractivity contribution is 5.59. The van der Waals surface area contributed by atoms with Crippen LogP contribution in [0.25, 0.3) is 0 Å². The van der Waals surface area contributed by atoms with Gasteiger partial charge in [-0.2, -0.15) is 5.26 Å². The fourth-order valence-corrected chi connectivity index (χ4v) is 1.93. The topological polar surface area (TPSA) is 36.3 Å². The van der Waals surface area contributed by atoms with E-state index >= 15 is 0 Å². The number of ether oxygens (including phenoxy) is 1. The number of hydrogen-bond donors (Lipinski definition) is 0. The largest absolute Gasteiger partial charge is 0.496 e. The van der Waals surface area contributed by atoms with E-state index in [-0.39, 0.29) is 0 Å². The van der Waals surface area contributed by atoms with Gasteiger partial charge in [0.2, 0.25) is 0 Å². The van der Waals surface area contributed by atoms with Crippen molar-refractivity contribution in [2.75, 3.05) is 25.6 Å². The number of anilines is 1. The van der Waals surface area contributed by atoms with E-state index in [1.807, 2.05) is 6.07 Å². The van der Waals surface area contributed by atoms with Gasteiger partial charge in [-0.3, -0.25) is 0 Å². The molecule has 0 amide bonds. The maximum atomic E-state index is 8.53. The van der Waals surface area contributed by atoms with Crippen LogP contribution >= 0.6 is 0 Å². The van der Waals surface area contributed by atoms with Crippen molar-refractivity contribution in [3.63, 3.8) is 0 Å². The molecule has 0 unspecified atom stereocenters. The fraction of sp³-hybridized carbons (Fsp3) is 0.500. The fourth-order valence-electron chi connectivity index (χ4n) is 1.93. The Morgan fingerprint density at radius 2 is 2.00 bits per heavy atom. The lowest BCUT2D eigenvalue weighted by atomic mass is 10.1. The Kier molecular flexibility index (Phi) is 4.84. The Balaban J connectivity index is 2.84. The molecule has 1 rings (SSSR count). The first kappa shape index (κ1) is 13.4. The second-order valence-electron chi connectivity index (χ2n) is 4.22. The van der Waals surface area contributed by atoms with Crippen LogP contribution in [-0.2, 0) is 0 Å². The van der Waals surface area contributed by atoms with Gasteiger partial charge >= 0.3 is 0 Å². The van der Waals surface area contributed by atoms with Crippen LogP contribution in [-0.4, -0.2) is 20.7 Å². The summed E-state index contributed by atoms with van der Waals surface area (Å²) in [5.74, 6) is 0.927. The molecule has 0 bridgehead atoms. The molecule has 92 valence electrons. The van der Waals surface area contributed by atoms with E-state index in [0.29, 0.717) is 6.42 Å². The van der Waals surface area contributed by atoms with Crippen LogP contribution in [0.2, 0.25) is 0 Å². The second-order valence-corrected chi connectivity index (χ2v) is 4.22. The van der Waals surface area contributed by atoms with Crippen LogP contribution in [0.15, 0.2) is 12.1 Å². The predicted octanol–water partition coefficient (Wildman–Crippen LogP) is 3.05. The summed E-state index contributed by atoms with van der Waals surface area (Å²) in [6.07, 6.45) is 1.51. The van der Waals surface area contributed by atoms with Crippen LogP contribution in [0.5, 0.6) is 5.75 Å². The zero-order chi connectivity index (χ0) is 12.8. The lowest BCUT2D eigenvalue weighted by molar-refractivity contribution is 0.411. The molecule has 0 fully saturated rings. The summed E-state index contributed by atoms with van der Waals surface area (Å²) in [6.45, 7) is 5.08. The molecule has 3 heteroatoms. The van der Waals surface area contributed by atoms with Gasteiger partial charge in [-0.05, 0) is 43.5 Å². The summed E-state index contributed by atoms with van der Waals surface area (Å²) in [6, 6.07) is 6.25. The van der Waals surface area contributed by atoms with Gasteiger partial charge in [-0.25, -0.2) is 0 Å². The third-order valence-corrected chi connectivity index (χ3v) is 3.12. The Morgan fingerprint density at radius 3 is 2.59 bits per heavy atom. The lowest BCUT2D eigenvalue weighted by Crippen LogP contribution is -2.19. The van der Waals surface area contributed by atoms with Crippen LogP contribution in [0.3, 0.4) is 0 Å². The van der Waals surface area contributed by atoms with Crippen LogP contribution in [0.4, 0.5) is 5.69 Å². The van der Waals surface area contributed by atoms with E-state index < -0.39 is 0 Å². The second kappa shape index (κ2) is 6.15. The molecule has 0 saturated heterocycles. The molecular weight excluding hydrogens is 212 g/mol. The number of methoxy groups -OCH3 is 1. The quantitative estimate of drug-likeness (QED) is 0.732. The number of rotatable bonds is 5. The van der Waals surface area contributed by atoms with Crippen LogP contribution in [0.1, 0.15) is 24.0 Å². The highest BCUT2D eigenvalue weighted by Crippen LogP contribution is 2.29. The molecule has 17 heavy (non-hydrogen) atoms. The lowest BCUT2D eigenvalue weighted by Gasteiger charge is -2.23. The van der Waals surface area contributed by atoms with E-state index in [2.05, 4.69) is 37.9 Å². The van der Waals surface area contributed by atoms with Crippen molar-refractivity contribution in [2.45, 2.75) is 26.7 Å². The van der Waals surface area contributed by atoms with Gasteiger partial charge in [-0.1, -0.05) is 0 Å². The van der Waals surface area contributed by atoms with Crippen molar-refractivity contribution >= 4 is 5.69 Å². The van der Waals surface area contributed by atoms with Gasteiger partial charge in [0, 0.05) is 25.7 Å². The smallest absolute Gasteiger partial charge is 0.122 e. The molecule has 0 spiro atoms. The van der Waals surface area contributed by atoms with Crippen molar-refractivity contribution in [3.8, 4) is 11.8 Å². The number of benzene rings is 1. The first-order valence-corrected chi connectivity index (χ1v) is 5.84. The Morgan fingerprint density at radius 1 is 1.29 bits per heavy atom. The summed E-state index contributed by atoms with van der Waals surface area (Å²) in [7, 11) is 3.75. The van der Waals surface area contributed by atoms with Gasteiger partial charge in [-0.15, -0.1) is 0 Å². The van der Waals surface area contributed by atoms with Crippen molar-refractivity contribution in [2.24, 2.45) is 0 Å². The Bertz CT molecular complexity index is 421. The average Bonchev–Trinajstić information content (AvgIpc) is 2.32. The zero-order valence-electron chi connectivity index (χ0n) is 11.1. The van der Waals surface area contributed by atoms with Crippen LogP contribution in [0, 0.1) is 25.2 Å². The molecule has 0 aliphatic heterocycles. The molecule has 1 aromatic rings. The summed E-state index contributed by atoms with van der Waals surface area (Å²) in [5.41, 5.74) is 3.63. The van der Waals surface area contributed by atoms with E-state index in [1.54, 1.807) is 7.11 Å². The molecule has 0 heterocycles. The van der Waals surface area contributed by atoms with Gasteiger partial charge in [0.25, 0.3) is 0 Å². The van der Waals surface area contributed by atoms with Crippen molar-refractivity contribution in [1.82, 2.24) is 0 Å². The van der Waals surface area contributed by atoms with E-state index in [9.17, 15) is 0 Å². The van der Waals surface area contributed by atoms with Gasteiger partial charge in [0.1, 0.15) is 5.75 Å². The van der Waals surface area contributed by atoms with E-state index in [0.717, 1.165) is 18.7 Å². The number of unbranched alkanes of at least 4 members (excludes halogenated alkanes) is 1. The Hall–Kier alpha value is -1.69. The first-order valence-electron chi connectivity index (χ1n) is 5.84. The number of nitrogens with zero attached hydrogens (tertiary/aromatic N) is 2. The van der Waals surface area contributed by atoms with Gasteiger partial charge < -0.3 is 9.64 Å². The standard InChI is InChI=1S/C14H20N2O/c1-11-12(2)14(17-4)8-7-13(11)16(3)10-6-5-9-15/h7-8H,5-6,10H2,1-4H3. The first-order chi connectivity index (χ1) is 8.11. The van der Waals surface area contributed by atoms with Gasteiger partial charge in [0.15, 0.2) is 0 Å². The third-order valence-electron chi connectivity index (χ3n) is 3.12. The summed E-state index contributed by atoms with van der Waals surface area (Å²) >= 11 is 0. The monoisotopic (exact) mass is 232 g/mol. The molecule has 0 N–H and O–H groups in total. The molecular formula is C14H20N2O. The molecule has 0 atom stereocenters. The molecule has 0 aromatic heterocycles.